The molecule has 1 atom stereocenters. The van der Waals surface area contributed by atoms with E-state index in [1.807, 2.05) is 42.2 Å². The fourth-order valence-electron chi connectivity index (χ4n) is 3.87. The van der Waals surface area contributed by atoms with E-state index < -0.39 is 0 Å². The first-order valence-corrected chi connectivity index (χ1v) is 11.2. The van der Waals surface area contributed by atoms with Crippen LogP contribution in [-0.4, -0.2) is 44.1 Å². The molecule has 2 aromatic carbocycles. The van der Waals surface area contributed by atoms with Crippen molar-refractivity contribution in [2.75, 3.05) is 27.3 Å². The molecule has 33 heavy (non-hydrogen) atoms. The zero-order valence-corrected chi connectivity index (χ0v) is 22.2. The van der Waals surface area contributed by atoms with Crippen molar-refractivity contribution in [1.82, 2.24) is 15.5 Å². The van der Waals surface area contributed by atoms with Crippen LogP contribution in [0.25, 0.3) is 0 Å². The Kier molecular flexibility index (Phi) is 10.8. The molecule has 7 nitrogen and oxygen atoms in total. The maximum atomic E-state index is 12.6. The van der Waals surface area contributed by atoms with Gasteiger partial charge in [-0.3, -0.25) is 9.79 Å². The van der Waals surface area contributed by atoms with E-state index in [1.54, 1.807) is 14.2 Å². The summed E-state index contributed by atoms with van der Waals surface area (Å²) in [6.07, 6.45) is 1.20. The van der Waals surface area contributed by atoms with Crippen molar-refractivity contribution in [2.45, 2.75) is 45.8 Å². The molecule has 1 amide bonds. The first kappa shape index (κ1) is 26.8. The molecule has 1 aliphatic heterocycles. The Bertz CT molecular complexity index is 926. The molecule has 2 aromatic rings. The van der Waals surface area contributed by atoms with Crippen molar-refractivity contribution in [3.63, 3.8) is 0 Å². The van der Waals surface area contributed by atoms with Crippen molar-refractivity contribution in [3.8, 4) is 11.5 Å². The van der Waals surface area contributed by atoms with Gasteiger partial charge in [0.2, 0.25) is 5.91 Å². The van der Waals surface area contributed by atoms with Crippen LogP contribution in [0.15, 0.2) is 47.5 Å². The summed E-state index contributed by atoms with van der Waals surface area (Å²) in [5.74, 6) is 2.47. The number of ether oxygens (including phenoxy) is 2. The van der Waals surface area contributed by atoms with Crippen molar-refractivity contribution in [2.24, 2.45) is 4.99 Å². The van der Waals surface area contributed by atoms with Gasteiger partial charge in [-0.05, 0) is 49.6 Å². The number of nitrogens with zero attached hydrogens (tertiary/aromatic N) is 2. The third-order valence-electron chi connectivity index (χ3n) is 5.61. The second-order valence-corrected chi connectivity index (χ2v) is 7.86. The lowest BCUT2D eigenvalue weighted by Gasteiger charge is -2.21. The second kappa shape index (κ2) is 13.3. The largest absolute Gasteiger partial charge is 0.497 e. The van der Waals surface area contributed by atoms with Crippen molar-refractivity contribution in [1.29, 1.82) is 0 Å². The molecule has 8 heteroatoms. The van der Waals surface area contributed by atoms with Gasteiger partial charge in [-0.1, -0.05) is 24.3 Å². The predicted octanol–water partition coefficient (Wildman–Crippen LogP) is 4.26. The van der Waals surface area contributed by atoms with Crippen LogP contribution in [0.1, 0.15) is 49.4 Å². The van der Waals surface area contributed by atoms with Crippen molar-refractivity contribution in [3.05, 3.63) is 59.2 Å². The van der Waals surface area contributed by atoms with Crippen molar-refractivity contribution >= 4 is 35.8 Å². The van der Waals surface area contributed by atoms with Gasteiger partial charge in [0.1, 0.15) is 11.5 Å². The summed E-state index contributed by atoms with van der Waals surface area (Å²) in [5, 5.41) is 6.70. The minimum atomic E-state index is -0.0393. The van der Waals surface area contributed by atoms with E-state index in [4.69, 9.17) is 9.47 Å². The Labute approximate surface area is 214 Å². The van der Waals surface area contributed by atoms with E-state index in [2.05, 4.69) is 34.7 Å². The summed E-state index contributed by atoms with van der Waals surface area (Å²) in [6, 6.07) is 14.0. The maximum absolute atomic E-state index is 12.6. The highest BCUT2D eigenvalue weighted by molar-refractivity contribution is 14.0. The number of rotatable bonds is 9. The van der Waals surface area contributed by atoms with Gasteiger partial charge in [0.15, 0.2) is 5.96 Å². The highest BCUT2D eigenvalue weighted by Gasteiger charge is 2.22. The van der Waals surface area contributed by atoms with Crippen LogP contribution in [0, 0.1) is 0 Å². The molecule has 1 heterocycles. The van der Waals surface area contributed by atoms with Crippen LogP contribution in [0.5, 0.6) is 11.5 Å². The Morgan fingerprint density at radius 1 is 1.12 bits per heavy atom. The number of hydrogen-bond donors (Lipinski definition) is 2. The van der Waals surface area contributed by atoms with E-state index in [9.17, 15) is 4.79 Å². The van der Waals surface area contributed by atoms with E-state index >= 15 is 0 Å². The van der Waals surface area contributed by atoms with E-state index in [0.29, 0.717) is 38.4 Å². The molecule has 3 rings (SSSR count). The first-order chi connectivity index (χ1) is 15.5. The monoisotopic (exact) mass is 566 g/mol. The molecule has 0 aliphatic carbocycles. The molecule has 0 aromatic heterocycles. The van der Waals surface area contributed by atoms with Crippen molar-refractivity contribution < 1.29 is 14.3 Å². The van der Waals surface area contributed by atoms with Crippen LogP contribution in [0.2, 0.25) is 0 Å². The van der Waals surface area contributed by atoms with Gasteiger partial charge in [-0.25, -0.2) is 0 Å². The smallest absolute Gasteiger partial charge is 0.223 e. The minimum absolute atomic E-state index is 0. The average molecular weight is 566 g/mol. The topological polar surface area (TPSA) is 75.2 Å². The number of amides is 1. The molecule has 0 saturated heterocycles. The molecule has 0 bridgehead atoms. The lowest BCUT2D eigenvalue weighted by atomic mass is 10.1. The fourth-order valence-corrected chi connectivity index (χ4v) is 3.87. The van der Waals surface area contributed by atoms with Gasteiger partial charge in [0.25, 0.3) is 0 Å². The van der Waals surface area contributed by atoms with Gasteiger partial charge >= 0.3 is 0 Å². The number of methoxy groups -OCH3 is 2. The lowest BCUT2D eigenvalue weighted by Crippen LogP contribution is -2.39. The van der Waals surface area contributed by atoms with Crippen LogP contribution in [-0.2, 0) is 17.9 Å². The number of hydrogen-bond acceptors (Lipinski definition) is 4. The average Bonchev–Trinajstić information content (AvgIpc) is 3.25. The third-order valence-corrected chi connectivity index (χ3v) is 5.61. The molecule has 0 radical (unpaired) electrons. The molecule has 2 N–H and O–H groups in total. The summed E-state index contributed by atoms with van der Waals surface area (Å²) in [5.41, 5.74) is 3.49. The number of guanidine groups is 1. The first-order valence-electron chi connectivity index (χ1n) is 11.2. The summed E-state index contributed by atoms with van der Waals surface area (Å²) < 4.78 is 10.9. The van der Waals surface area contributed by atoms with Crippen LogP contribution in [0.3, 0.4) is 0 Å². The van der Waals surface area contributed by atoms with E-state index in [-0.39, 0.29) is 35.9 Å². The Morgan fingerprint density at radius 2 is 1.82 bits per heavy atom. The molecule has 180 valence electrons. The second-order valence-electron chi connectivity index (χ2n) is 7.86. The molecular formula is C25H35IN4O3. The van der Waals surface area contributed by atoms with Gasteiger partial charge in [-0.2, -0.15) is 0 Å². The Balaban J connectivity index is 0.00000385. The van der Waals surface area contributed by atoms with E-state index in [1.165, 1.54) is 11.1 Å². The number of carbonyl (C=O) groups is 1. The quantitative estimate of drug-likeness (QED) is 0.206. The van der Waals surface area contributed by atoms with Crippen LogP contribution >= 0.6 is 24.0 Å². The van der Waals surface area contributed by atoms with Gasteiger partial charge in [-0.15, -0.1) is 24.0 Å². The molecular weight excluding hydrogens is 531 g/mol. The highest BCUT2D eigenvalue weighted by Crippen LogP contribution is 2.29. The number of halogens is 1. The molecule has 1 unspecified atom stereocenters. The third kappa shape index (κ3) is 7.25. The predicted molar refractivity (Wildman–Crippen MR) is 142 cm³/mol. The SMILES string of the molecule is CCNC(=NCCCC(=O)N1Cc2ccccc2C1)NC(C)c1cc(OC)ccc1OC.I. The standard InChI is InChI=1S/C25H34N4O3.HI/c1-5-26-25(28-18(2)22-15-21(31-3)12-13-23(22)32-4)27-14-8-11-24(30)29-16-19-9-6-7-10-20(19)17-29;/h6-7,9-10,12-13,15,18H,5,8,11,14,16-17H2,1-4H3,(H2,26,27,28);1H. The lowest BCUT2D eigenvalue weighted by molar-refractivity contribution is -0.131. The minimum Gasteiger partial charge on any atom is -0.497 e. The summed E-state index contributed by atoms with van der Waals surface area (Å²) >= 11 is 0. The zero-order valence-electron chi connectivity index (χ0n) is 19.9. The molecule has 0 fully saturated rings. The highest BCUT2D eigenvalue weighted by atomic mass is 127. The number of fused-ring (bicyclic) bond motifs is 1. The maximum Gasteiger partial charge on any atom is 0.223 e. The number of nitrogens with one attached hydrogen (secondary N) is 2. The van der Waals surface area contributed by atoms with Crippen LogP contribution < -0.4 is 20.1 Å². The summed E-state index contributed by atoms with van der Waals surface area (Å²) in [7, 11) is 3.31. The summed E-state index contributed by atoms with van der Waals surface area (Å²) in [6.45, 7) is 6.83. The Hall–Kier alpha value is -2.49. The molecule has 1 aliphatic rings. The normalized spacial score (nSPS) is 13.6. The number of benzene rings is 2. The fraction of sp³-hybridized carbons (Fsp3) is 0.440. The van der Waals surface area contributed by atoms with Crippen LogP contribution in [0.4, 0.5) is 0 Å². The number of aliphatic imine (C=N–C) groups is 1. The zero-order chi connectivity index (χ0) is 22.9. The van der Waals surface area contributed by atoms with Gasteiger partial charge in [0.05, 0.1) is 20.3 Å². The van der Waals surface area contributed by atoms with E-state index in [0.717, 1.165) is 23.6 Å². The number of carbonyl (C=O) groups excluding carboxylic acids is 1. The molecule has 0 spiro atoms. The van der Waals surface area contributed by atoms with Gasteiger partial charge in [0, 0.05) is 38.2 Å². The molecule has 0 saturated carbocycles. The van der Waals surface area contributed by atoms with Gasteiger partial charge < -0.3 is 25.0 Å². The Morgan fingerprint density at radius 3 is 2.42 bits per heavy atom. The summed E-state index contributed by atoms with van der Waals surface area (Å²) in [4.78, 5) is 19.2.